The molecule has 0 N–H and O–H groups in total. The maximum Gasteiger partial charge on any atom is -0.0159 e. The van der Waals surface area contributed by atoms with Crippen molar-refractivity contribution < 1.29 is 0 Å². The second-order valence-corrected chi connectivity index (χ2v) is 9.65. The second kappa shape index (κ2) is 10.8. The first-order valence-electron chi connectivity index (χ1n) is 13.0. The molecule has 1 aromatic rings. The maximum atomic E-state index is 2.45. The van der Waals surface area contributed by atoms with Crippen LogP contribution in [0.15, 0.2) is 0 Å². The molecular formula is C28H46. The first-order valence-corrected chi connectivity index (χ1v) is 13.0. The summed E-state index contributed by atoms with van der Waals surface area (Å²) in [6.07, 6.45) is 22.2. The average molecular weight is 383 g/mol. The van der Waals surface area contributed by atoms with Gasteiger partial charge in [-0.1, -0.05) is 53.4 Å². The van der Waals surface area contributed by atoms with Gasteiger partial charge in [0.2, 0.25) is 0 Å². The highest BCUT2D eigenvalue weighted by Crippen LogP contribution is 2.46. The van der Waals surface area contributed by atoms with Gasteiger partial charge < -0.3 is 0 Å². The van der Waals surface area contributed by atoms with Crippen LogP contribution in [0.1, 0.15) is 150 Å². The fourth-order valence-corrected chi connectivity index (χ4v) is 6.36. The van der Waals surface area contributed by atoms with Crippen molar-refractivity contribution in [2.45, 2.75) is 142 Å². The Morgan fingerprint density at radius 3 is 1.11 bits per heavy atom. The molecule has 158 valence electrons. The molecule has 28 heavy (non-hydrogen) atoms. The Hall–Kier alpha value is -0.780. The van der Waals surface area contributed by atoms with E-state index in [-0.39, 0.29) is 0 Å². The molecule has 1 aromatic carbocycles. The van der Waals surface area contributed by atoms with Gasteiger partial charge in [-0.25, -0.2) is 0 Å². The van der Waals surface area contributed by atoms with Crippen molar-refractivity contribution in [3.8, 4) is 0 Å². The normalized spacial score (nSPS) is 18.4. The highest BCUT2D eigenvalue weighted by molar-refractivity contribution is 5.56. The summed E-state index contributed by atoms with van der Waals surface area (Å²) in [6.45, 7) is 9.63. The Morgan fingerprint density at radius 1 is 0.536 bits per heavy atom. The molecule has 0 saturated carbocycles. The van der Waals surface area contributed by atoms with E-state index in [9.17, 15) is 0 Å². The summed E-state index contributed by atoms with van der Waals surface area (Å²) >= 11 is 0. The van der Waals surface area contributed by atoms with Gasteiger partial charge in [0.05, 0.1) is 0 Å². The van der Waals surface area contributed by atoms with Crippen molar-refractivity contribution >= 4 is 0 Å². The molecule has 0 radical (unpaired) electrons. The minimum atomic E-state index is 0.823. The lowest BCUT2D eigenvalue weighted by atomic mass is 9.68. The summed E-state index contributed by atoms with van der Waals surface area (Å²) < 4.78 is 0. The summed E-state index contributed by atoms with van der Waals surface area (Å²) in [4.78, 5) is 0. The Kier molecular flexibility index (Phi) is 8.49. The van der Waals surface area contributed by atoms with Crippen molar-refractivity contribution in [2.75, 3.05) is 0 Å². The highest BCUT2D eigenvalue weighted by Gasteiger charge is 2.31. The molecule has 2 unspecified atom stereocenters. The lowest BCUT2D eigenvalue weighted by Crippen LogP contribution is -2.22. The molecule has 2 aliphatic rings. The summed E-state index contributed by atoms with van der Waals surface area (Å²) in [5, 5.41) is 0. The fourth-order valence-electron chi connectivity index (χ4n) is 6.36. The fraction of sp³-hybridized carbons (Fsp3) is 0.786. The topological polar surface area (TPSA) is 0 Å². The van der Waals surface area contributed by atoms with Crippen LogP contribution in [0.4, 0.5) is 0 Å². The smallest absolute Gasteiger partial charge is 0.0159 e. The Bertz CT molecular complexity index is 531. The van der Waals surface area contributed by atoms with Gasteiger partial charge in [0.15, 0.2) is 0 Å². The van der Waals surface area contributed by atoms with Gasteiger partial charge >= 0.3 is 0 Å². The van der Waals surface area contributed by atoms with E-state index >= 15 is 0 Å². The maximum absolute atomic E-state index is 2.45. The zero-order valence-electron chi connectivity index (χ0n) is 19.5. The van der Waals surface area contributed by atoms with Gasteiger partial charge in [-0.2, -0.15) is 0 Å². The Morgan fingerprint density at radius 2 is 0.857 bits per heavy atom. The predicted molar refractivity (Wildman–Crippen MR) is 125 cm³/mol. The van der Waals surface area contributed by atoms with Crippen LogP contribution in [0.3, 0.4) is 0 Å². The van der Waals surface area contributed by atoms with E-state index in [1.165, 1.54) is 103 Å². The molecule has 0 heterocycles. The SMILES string of the molecule is CCCCC(CC)c1c2c(c(C(CC)CCCC)c3c1CCCC3)CCCC2. The van der Waals surface area contributed by atoms with E-state index in [2.05, 4.69) is 27.7 Å². The molecule has 0 nitrogen and oxygen atoms in total. The van der Waals surface area contributed by atoms with Crippen molar-refractivity contribution in [1.29, 1.82) is 0 Å². The molecule has 0 aromatic heterocycles. The van der Waals surface area contributed by atoms with Crippen LogP contribution in [0.2, 0.25) is 0 Å². The van der Waals surface area contributed by atoms with Crippen LogP contribution in [0.25, 0.3) is 0 Å². The van der Waals surface area contributed by atoms with Crippen molar-refractivity contribution in [3.63, 3.8) is 0 Å². The van der Waals surface area contributed by atoms with Gasteiger partial charge in [-0.15, -0.1) is 0 Å². The lowest BCUT2D eigenvalue weighted by Gasteiger charge is -2.36. The number of rotatable bonds is 10. The minimum Gasteiger partial charge on any atom is -0.0654 e. The zero-order chi connectivity index (χ0) is 19.9. The molecule has 0 saturated heterocycles. The van der Waals surface area contributed by atoms with Crippen molar-refractivity contribution in [1.82, 2.24) is 0 Å². The van der Waals surface area contributed by atoms with E-state index in [1.54, 1.807) is 0 Å². The Balaban J connectivity index is 2.16. The number of fused-ring (bicyclic) bond motifs is 2. The first-order chi connectivity index (χ1) is 13.8. The molecule has 0 bridgehead atoms. The molecule has 0 heteroatoms. The number of hydrogen-bond donors (Lipinski definition) is 0. The standard InChI is InChI=1S/C28H46/c1-5-9-15-21(7-3)27-23-17-11-13-19-25(23)28(22(8-4)16-10-6-2)26-20-14-12-18-24(26)27/h21-22H,5-20H2,1-4H3. The quantitative estimate of drug-likeness (QED) is 0.379. The highest BCUT2D eigenvalue weighted by atomic mass is 14.4. The number of unbranched alkanes of at least 4 members (excludes halogenated alkanes) is 2. The summed E-state index contributed by atoms with van der Waals surface area (Å²) in [5.74, 6) is 1.65. The molecular weight excluding hydrogens is 336 g/mol. The number of benzene rings is 1. The largest absolute Gasteiger partial charge is 0.0654 e. The van der Waals surface area contributed by atoms with Crippen LogP contribution >= 0.6 is 0 Å². The van der Waals surface area contributed by atoms with Crippen LogP contribution in [-0.2, 0) is 25.7 Å². The van der Waals surface area contributed by atoms with Gasteiger partial charge in [0.1, 0.15) is 0 Å². The van der Waals surface area contributed by atoms with Crippen LogP contribution < -0.4 is 0 Å². The minimum absolute atomic E-state index is 0.823. The van der Waals surface area contributed by atoms with Crippen molar-refractivity contribution in [2.24, 2.45) is 0 Å². The predicted octanol–water partition coefficient (Wildman–Crippen LogP) is 8.81. The summed E-state index contributed by atoms with van der Waals surface area (Å²) in [6, 6.07) is 0. The van der Waals surface area contributed by atoms with Crippen molar-refractivity contribution in [3.05, 3.63) is 33.4 Å². The van der Waals surface area contributed by atoms with Gasteiger partial charge in [0, 0.05) is 0 Å². The summed E-state index contributed by atoms with van der Waals surface area (Å²) in [7, 11) is 0. The third-order valence-corrected chi connectivity index (χ3v) is 7.85. The molecule has 2 atom stereocenters. The molecule has 0 aliphatic heterocycles. The monoisotopic (exact) mass is 382 g/mol. The van der Waals surface area contributed by atoms with Crippen LogP contribution in [0, 0.1) is 0 Å². The van der Waals surface area contributed by atoms with Gasteiger partial charge in [-0.3, -0.25) is 0 Å². The molecule has 3 rings (SSSR count). The third-order valence-electron chi connectivity index (χ3n) is 7.85. The molecule has 0 amide bonds. The van der Waals surface area contributed by atoms with E-state index in [1.807, 2.05) is 33.4 Å². The summed E-state index contributed by atoms with van der Waals surface area (Å²) in [5.41, 5.74) is 11.2. The average Bonchev–Trinajstić information content (AvgIpc) is 2.75. The van der Waals surface area contributed by atoms with E-state index in [4.69, 9.17) is 0 Å². The molecule has 0 fully saturated rings. The van der Waals surface area contributed by atoms with E-state index in [0.29, 0.717) is 0 Å². The Labute approximate surface area is 175 Å². The third kappa shape index (κ3) is 4.52. The van der Waals surface area contributed by atoms with Crippen LogP contribution in [0.5, 0.6) is 0 Å². The van der Waals surface area contributed by atoms with Gasteiger partial charge in [0.25, 0.3) is 0 Å². The molecule has 0 spiro atoms. The van der Waals surface area contributed by atoms with Crippen LogP contribution in [-0.4, -0.2) is 0 Å². The molecule has 2 aliphatic carbocycles. The number of hydrogen-bond acceptors (Lipinski definition) is 0. The second-order valence-electron chi connectivity index (χ2n) is 9.65. The van der Waals surface area contributed by atoms with E-state index in [0.717, 1.165) is 11.8 Å². The van der Waals surface area contributed by atoms with Gasteiger partial charge in [-0.05, 0) is 122 Å². The first kappa shape index (κ1) is 21.9. The van der Waals surface area contributed by atoms with E-state index < -0.39 is 0 Å². The lowest BCUT2D eigenvalue weighted by molar-refractivity contribution is 0.523. The zero-order valence-corrected chi connectivity index (χ0v) is 19.5.